The molecule has 7 heteroatoms. The summed E-state index contributed by atoms with van der Waals surface area (Å²) in [6.07, 6.45) is -0.877. The fourth-order valence-electron chi connectivity index (χ4n) is 1.06. The van der Waals surface area contributed by atoms with Crippen molar-refractivity contribution in [2.45, 2.75) is 6.10 Å². The van der Waals surface area contributed by atoms with Gasteiger partial charge in [0.2, 0.25) is 0 Å². The molecule has 88 valence electrons. The molecule has 1 unspecified atom stereocenters. The molecule has 0 heterocycles. The van der Waals surface area contributed by atoms with Gasteiger partial charge in [-0.15, -0.1) is 0 Å². The molecule has 1 aromatic rings. The van der Waals surface area contributed by atoms with Crippen molar-refractivity contribution in [3.05, 3.63) is 31.9 Å². The third kappa shape index (κ3) is 3.58. The summed E-state index contributed by atoms with van der Waals surface area (Å²) < 4.78 is 0.552. The van der Waals surface area contributed by atoms with E-state index in [0.29, 0.717) is 9.26 Å². The molecule has 0 bridgehead atoms. The van der Waals surface area contributed by atoms with Crippen molar-refractivity contribution in [1.29, 1.82) is 0 Å². The molecular formula is C9H11IN2O4. The minimum absolute atomic E-state index is 0.0177. The summed E-state index contributed by atoms with van der Waals surface area (Å²) in [6.45, 7) is -0.201. The standard InChI is InChI=1S/C9H11IN2O4/c10-8-2-1-6(3-9(8)12(15)16)11-4-7(14)5-13/h1-3,7,11,13-14H,4-5H2. The Morgan fingerprint density at radius 1 is 1.56 bits per heavy atom. The van der Waals surface area contributed by atoms with Gasteiger partial charge < -0.3 is 15.5 Å². The average Bonchev–Trinajstić information content (AvgIpc) is 2.27. The number of halogens is 1. The smallest absolute Gasteiger partial charge is 0.284 e. The molecule has 16 heavy (non-hydrogen) atoms. The van der Waals surface area contributed by atoms with Gasteiger partial charge in [-0.05, 0) is 34.7 Å². The summed E-state index contributed by atoms with van der Waals surface area (Å²) in [4.78, 5) is 10.2. The van der Waals surface area contributed by atoms with Crippen LogP contribution in [-0.4, -0.2) is 34.4 Å². The molecule has 3 N–H and O–H groups in total. The van der Waals surface area contributed by atoms with Crippen LogP contribution in [0.25, 0.3) is 0 Å². The van der Waals surface area contributed by atoms with Crippen LogP contribution in [0.2, 0.25) is 0 Å². The van der Waals surface area contributed by atoms with Crippen molar-refractivity contribution in [2.24, 2.45) is 0 Å². The van der Waals surface area contributed by atoms with Crippen LogP contribution in [0.4, 0.5) is 11.4 Å². The van der Waals surface area contributed by atoms with Gasteiger partial charge in [-0.25, -0.2) is 0 Å². The Balaban J connectivity index is 2.75. The Hall–Kier alpha value is -0.930. The van der Waals surface area contributed by atoms with Gasteiger partial charge in [0.05, 0.1) is 21.2 Å². The number of rotatable bonds is 5. The first-order valence-corrected chi connectivity index (χ1v) is 5.59. The van der Waals surface area contributed by atoms with Crippen LogP contribution in [0.1, 0.15) is 0 Å². The Bertz CT molecular complexity index is 386. The lowest BCUT2D eigenvalue weighted by Crippen LogP contribution is -2.22. The highest BCUT2D eigenvalue weighted by atomic mass is 127. The lowest BCUT2D eigenvalue weighted by molar-refractivity contribution is -0.385. The Labute approximate surface area is 106 Å². The number of nitro benzene ring substituents is 1. The summed E-state index contributed by atoms with van der Waals surface area (Å²) in [5.41, 5.74) is 0.559. The molecule has 0 aliphatic heterocycles. The van der Waals surface area contributed by atoms with E-state index in [-0.39, 0.29) is 18.8 Å². The predicted octanol–water partition coefficient (Wildman–Crippen LogP) is 0.964. The third-order valence-corrected chi connectivity index (χ3v) is 2.81. The van der Waals surface area contributed by atoms with E-state index in [0.717, 1.165) is 0 Å². The number of anilines is 1. The minimum atomic E-state index is -0.877. The maximum absolute atomic E-state index is 10.7. The molecule has 1 rings (SSSR count). The number of hydrogen-bond acceptors (Lipinski definition) is 5. The van der Waals surface area contributed by atoms with E-state index in [1.807, 2.05) is 22.6 Å². The quantitative estimate of drug-likeness (QED) is 0.422. The summed E-state index contributed by atoms with van der Waals surface area (Å²) in [5.74, 6) is 0. The lowest BCUT2D eigenvalue weighted by atomic mass is 10.2. The topological polar surface area (TPSA) is 95.6 Å². The van der Waals surface area contributed by atoms with Crippen LogP contribution in [-0.2, 0) is 0 Å². The molecule has 1 aromatic carbocycles. The van der Waals surface area contributed by atoms with Gasteiger partial charge >= 0.3 is 0 Å². The van der Waals surface area contributed by atoms with Crippen LogP contribution in [0, 0.1) is 13.7 Å². The second-order valence-corrected chi connectivity index (χ2v) is 4.30. The number of hydrogen-bond donors (Lipinski definition) is 3. The van der Waals surface area contributed by atoms with Gasteiger partial charge in [-0.3, -0.25) is 10.1 Å². The summed E-state index contributed by atoms with van der Waals surface area (Å²) in [6, 6.07) is 4.69. The van der Waals surface area contributed by atoms with Crippen LogP contribution in [0.3, 0.4) is 0 Å². The van der Waals surface area contributed by atoms with Gasteiger partial charge in [0, 0.05) is 18.3 Å². The zero-order valence-electron chi connectivity index (χ0n) is 8.26. The van der Waals surface area contributed by atoms with Gasteiger partial charge in [0.1, 0.15) is 0 Å². The molecule has 0 spiro atoms. The Morgan fingerprint density at radius 3 is 2.81 bits per heavy atom. The first-order valence-electron chi connectivity index (χ1n) is 4.51. The molecule has 0 aromatic heterocycles. The molecule has 1 atom stereocenters. The largest absolute Gasteiger partial charge is 0.394 e. The Morgan fingerprint density at radius 2 is 2.25 bits per heavy atom. The van der Waals surface area contributed by atoms with Crippen LogP contribution in [0.15, 0.2) is 18.2 Å². The van der Waals surface area contributed by atoms with E-state index in [1.165, 1.54) is 6.07 Å². The maximum Gasteiger partial charge on any atom is 0.284 e. The molecule has 6 nitrogen and oxygen atoms in total. The molecule has 0 fully saturated rings. The number of nitrogens with zero attached hydrogens (tertiary/aromatic N) is 1. The van der Waals surface area contributed by atoms with Gasteiger partial charge in [-0.1, -0.05) is 0 Å². The Kier molecular flexibility index (Phi) is 4.90. The summed E-state index contributed by atoms with van der Waals surface area (Å²) in [5, 5.41) is 31.2. The predicted molar refractivity (Wildman–Crippen MR) is 67.4 cm³/mol. The number of nitrogens with one attached hydrogen (secondary N) is 1. The van der Waals surface area contributed by atoms with Crippen molar-refractivity contribution >= 4 is 34.0 Å². The van der Waals surface area contributed by atoms with Crippen molar-refractivity contribution in [3.8, 4) is 0 Å². The average molecular weight is 338 g/mol. The van der Waals surface area contributed by atoms with E-state index < -0.39 is 11.0 Å². The molecule has 0 aliphatic carbocycles. The second-order valence-electron chi connectivity index (χ2n) is 3.14. The number of nitro groups is 1. The van der Waals surface area contributed by atoms with Gasteiger partial charge in [0.25, 0.3) is 5.69 Å². The van der Waals surface area contributed by atoms with E-state index in [1.54, 1.807) is 12.1 Å². The fraction of sp³-hybridized carbons (Fsp3) is 0.333. The van der Waals surface area contributed by atoms with Crippen molar-refractivity contribution in [2.75, 3.05) is 18.5 Å². The van der Waals surface area contributed by atoms with Crippen LogP contribution < -0.4 is 5.32 Å². The third-order valence-electron chi connectivity index (χ3n) is 1.90. The van der Waals surface area contributed by atoms with E-state index >= 15 is 0 Å². The number of aliphatic hydroxyl groups excluding tert-OH is 2. The fourth-order valence-corrected chi connectivity index (χ4v) is 1.60. The van der Waals surface area contributed by atoms with Gasteiger partial charge in [-0.2, -0.15) is 0 Å². The second kappa shape index (κ2) is 5.97. The molecule has 0 radical (unpaired) electrons. The lowest BCUT2D eigenvalue weighted by Gasteiger charge is -2.10. The zero-order chi connectivity index (χ0) is 12.1. The highest BCUT2D eigenvalue weighted by Crippen LogP contribution is 2.24. The highest BCUT2D eigenvalue weighted by Gasteiger charge is 2.12. The monoisotopic (exact) mass is 338 g/mol. The molecule has 0 aliphatic rings. The first-order chi connectivity index (χ1) is 7.54. The normalized spacial score (nSPS) is 12.2. The minimum Gasteiger partial charge on any atom is -0.394 e. The van der Waals surface area contributed by atoms with Gasteiger partial charge in [0.15, 0.2) is 0 Å². The summed E-state index contributed by atoms with van der Waals surface area (Å²) >= 11 is 1.88. The first kappa shape index (κ1) is 13.1. The van der Waals surface area contributed by atoms with Crippen molar-refractivity contribution in [3.63, 3.8) is 0 Å². The summed E-state index contributed by atoms with van der Waals surface area (Å²) in [7, 11) is 0. The highest BCUT2D eigenvalue weighted by molar-refractivity contribution is 14.1. The van der Waals surface area contributed by atoms with E-state index in [4.69, 9.17) is 10.2 Å². The SMILES string of the molecule is O=[N+]([O-])c1cc(NCC(O)CO)ccc1I. The van der Waals surface area contributed by atoms with Crippen molar-refractivity contribution < 1.29 is 15.1 Å². The van der Waals surface area contributed by atoms with E-state index in [9.17, 15) is 10.1 Å². The maximum atomic E-state index is 10.7. The molecule has 0 saturated heterocycles. The molecule has 0 saturated carbocycles. The van der Waals surface area contributed by atoms with Crippen LogP contribution in [0.5, 0.6) is 0 Å². The van der Waals surface area contributed by atoms with Crippen LogP contribution >= 0.6 is 22.6 Å². The molecular weight excluding hydrogens is 327 g/mol. The molecule has 0 amide bonds. The number of benzene rings is 1. The zero-order valence-corrected chi connectivity index (χ0v) is 10.4. The van der Waals surface area contributed by atoms with E-state index in [2.05, 4.69) is 5.32 Å². The number of aliphatic hydroxyl groups is 2. The van der Waals surface area contributed by atoms with Crippen molar-refractivity contribution in [1.82, 2.24) is 0 Å².